The van der Waals surface area contributed by atoms with Gasteiger partial charge in [0.1, 0.15) is 5.54 Å². The molecular formula is C18H21N3O5. The van der Waals surface area contributed by atoms with Crippen LogP contribution in [0.15, 0.2) is 30.3 Å². The van der Waals surface area contributed by atoms with Gasteiger partial charge in [0.25, 0.3) is 11.8 Å². The van der Waals surface area contributed by atoms with E-state index in [1.54, 1.807) is 31.2 Å². The number of hydrogen-bond acceptors (Lipinski definition) is 5. The third-order valence-corrected chi connectivity index (χ3v) is 4.91. The molecule has 2 fully saturated rings. The Balaban J connectivity index is 1.65. The largest absolute Gasteiger partial charge is 0.455 e. The van der Waals surface area contributed by atoms with Gasteiger partial charge >= 0.3 is 12.0 Å². The SMILES string of the molecule is CC[C@@]1(c2ccccc2)NC(=O)N(NC(=O)COC(=O)C2CCC2)C1=O. The van der Waals surface area contributed by atoms with Crippen LogP contribution in [0.4, 0.5) is 4.79 Å². The Hall–Kier alpha value is -2.90. The summed E-state index contributed by atoms with van der Waals surface area (Å²) in [4.78, 5) is 48.7. The van der Waals surface area contributed by atoms with Gasteiger partial charge in [-0.15, -0.1) is 0 Å². The van der Waals surface area contributed by atoms with Gasteiger partial charge in [-0.1, -0.05) is 43.7 Å². The van der Waals surface area contributed by atoms with Crippen LogP contribution in [0.3, 0.4) is 0 Å². The Morgan fingerprint density at radius 2 is 1.96 bits per heavy atom. The molecule has 1 aliphatic heterocycles. The molecule has 0 unspecified atom stereocenters. The fraction of sp³-hybridized carbons (Fsp3) is 0.444. The summed E-state index contributed by atoms with van der Waals surface area (Å²) in [6, 6.07) is 8.12. The predicted octanol–water partition coefficient (Wildman–Crippen LogP) is 1.22. The highest BCUT2D eigenvalue weighted by molar-refractivity contribution is 6.08. The molecule has 1 aliphatic carbocycles. The van der Waals surface area contributed by atoms with Crippen LogP contribution in [-0.2, 0) is 24.7 Å². The first-order chi connectivity index (χ1) is 12.5. The van der Waals surface area contributed by atoms with Gasteiger partial charge in [-0.3, -0.25) is 19.8 Å². The van der Waals surface area contributed by atoms with E-state index < -0.39 is 36.0 Å². The molecule has 1 aromatic carbocycles. The van der Waals surface area contributed by atoms with Crippen LogP contribution in [0.5, 0.6) is 0 Å². The van der Waals surface area contributed by atoms with Gasteiger partial charge in [-0.2, -0.15) is 5.01 Å². The van der Waals surface area contributed by atoms with Crippen molar-refractivity contribution in [2.24, 2.45) is 5.92 Å². The van der Waals surface area contributed by atoms with E-state index >= 15 is 0 Å². The molecule has 0 spiro atoms. The van der Waals surface area contributed by atoms with Crippen molar-refractivity contribution >= 4 is 23.8 Å². The number of amides is 4. The Bertz CT molecular complexity index is 732. The molecule has 2 aliphatic rings. The highest BCUT2D eigenvalue weighted by atomic mass is 16.5. The number of ether oxygens (including phenoxy) is 1. The van der Waals surface area contributed by atoms with Crippen molar-refractivity contribution < 1.29 is 23.9 Å². The molecular weight excluding hydrogens is 338 g/mol. The first kappa shape index (κ1) is 17.9. The van der Waals surface area contributed by atoms with E-state index in [1.807, 2.05) is 6.07 Å². The van der Waals surface area contributed by atoms with Gasteiger partial charge < -0.3 is 10.1 Å². The topological polar surface area (TPSA) is 105 Å². The van der Waals surface area contributed by atoms with E-state index in [0.29, 0.717) is 17.0 Å². The smallest absolute Gasteiger partial charge is 0.344 e. The number of urea groups is 1. The molecule has 8 nitrogen and oxygen atoms in total. The first-order valence-electron chi connectivity index (χ1n) is 8.66. The van der Waals surface area contributed by atoms with Crippen LogP contribution in [-0.4, -0.2) is 35.4 Å². The van der Waals surface area contributed by atoms with Crippen molar-refractivity contribution in [3.8, 4) is 0 Å². The second-order valence-corrected chi connectivity index (χ2v) is 6.47. The van der Waals surface area contributed by atoms with Crippen molar-refractivity contribution in [3.05, 3.63) is 35.9 Å². The van der Waals surface area contributed by atoms with E-state index in [2.05, 4.69) is 10.7 Å². The zero-order chi connectivity index (χ0) is 18.7. The molecule has 0 bridgehead atoms. The molecule has 1 heterocycles. The number of benzene rings is 1. The molecule has 1 aromatic rings. The standard InChI is InChI=1S/C18H21N3O5/c1-2-18(13-9-4-3-5-10-13)16(24)21(17(25)19-18)20-14(22)11-26-15(23)12-7-6-8-12/h3-5,9-10,12H,2,6-8,11H2,1H3,(H,19,25)(H,20,22)/t18-/m0/s1. The normalized spacial score (nSPS) is 22.6. The second kappa shape index (κ2) is 7.15. The number of carbonyl (C=O) groups excluding carboxylic acids is 4. The van der Waals surface area contributed by atoms with E-state index in [9.17, 15) is 19.2 Å². The number of hydrazine groups is 1. The summed E-state index contributed by atoms with van der Waals surface area (Å²) >= 11 is 0. The van der Waals surface area contributed by atoms with E-state index in [4.69, 9.17) is 4.74 Å². The van der Waals surface area contributed by atoms with Crippen LogP contribution in [0.25, 0.3) is 0 Å². The summed E-state index contributed by atoms with van der Waals surface area (Å²) in [6.07, 6.45) is 2.84. The van der Waals surface area contributed by atoms with Crippen molar-refractivity contribution in [2.45, 2.75) is 38.1 Å². The second-order valence-electron chi connectivity index (χ2n) is 6.47. The van der Waals surface area contributed by atoms with E-state index in [-0.39, 0.29) is 5.92 Å². The molecule has 2 N–H and O–H groups in total. The van der Waals surface area contributed by atoms with Crippen molar-refractivity contribution in [2.75, 3.05) is 6.61 Å². The molecule has 138 valence electrons. The number of imide groups is 1. The van der Waals surface area contributed by atoms with E-state index in [0.717, 1.165) is 19.3 Å². The van der Waals surface area contributed by atoms with Gasteiger partial charge in [-0.05, 0) is 24.8 Å². The molecule has 26 heavy (non-hydrogen) atoms. The van der Waals surface area contributed by atoms with Crippen molar-refractivity contribution in [3.63, 3.8) is 0 Å². The maximum Gasteiger partial charge on any atom is 0.344 e. The molecule has 1 saturated carbocycles. The molecule has 0 aromatic heterocycles. The highest BCUT2D eigenvalue weighted by Crippen LogP contribution is 2.31. The maximum atomic E-state index is 12.8. The minimum Gasteiger partial charge on any atom is -0.455 e. The molecule has 3 rings (SSSR count). The summed E-state index contributed by atoms with van der Waals surface area (Å²) < 4.78 is 4.93. The van der Waals surface area contributed by atoms with Crippen LogP contribution in [0.2, 0.25) is 0 Å². The summed E-state index contributed by atoms with van der Waals surface area (Å²) in [7, 11) is 0. The number of nitrogens with zero attached hydrogens (tertiary/aromatic N) is 1. The van der Waals surface area contributed by atoms with Crippen LogP contribution in [0, 0.1) is 5.92 Å². The monoisotopic (exact) mass is 359 g/mol. The number of rotatable bonds is 6. The fourth-order valence-electron chi connectivity index (χ4n) is 3.09. The van der Waals surface area contributed by atoms with Gasteiger partial charge in [-0.25, -0.2) is 4.79 Å². The Labute approximate surface area is 150 Å². The Kier molecular flexibility index (Phi) is 4.92. The Morgan fingerprint density at radius 3 is 2.54 bits per heavy atom. The van der Waals surface area contributed by atoms with E-state index in [1.165, 1.54) is 0 Å². The average molecular weight is 359 g/mol. The predicted molar refractivity (Wildman–Crippen MR) is 90.2 cm³/mol. The lowest BCUT2D eigenvalue weighted by Gasteiger charge is -2.25. The number of carbonyl (C=O) groups is 4. The van der Waals surface area contributed by atoms with Crippen molar-refractivity contribution in [1.82, 2.24) is 15.8 Å². The lowest BCUT2D eigenvalue weighted by atomic mass is 9.86. The summed E-state index contributed by atoms with van der Waals surface area (Å²) in [5.41, 5.74) is 1.63. The number of esters is 1. The summed E-state index contributed by atoms with van der Waals surface area (Å²) in [6.45, 7) is 1.24. The average Bonchev–Trinajstić information content (AvgIpc) is 2.84. The summed E-state index contributed by atoms with van der Waals surface area (Å²) in [5.74, 6) is -1.88. The maximum absolute atomic E-state index is 12.8. The van der Waals surface area contributed by atoms with Gasteiger partial charge in [0, 0.05) is 0 Å². The molecule has 0 radical (unpaired) electrons. The van der Waals surface area contributed by atoms with Crippen molar-refractivity contribution in [1.29, 1.82) is 0 Å². The zero-order valence-electron chi connectivity index (χ0n) is 14.5. The van der Waals surface area contributed by atoms with Crippen LogP contribution in [0.1, 0.15) is 38.2 Å². The fourth-order valence-corrected chi connectivity index (χ4v) is 3.09. The van der Waals surface area contributed by atoms with Gasteiger partial charge in [0.15, 0.2) is 6.61 Å². The zero-order valence-corrected chi connectivity index (χ0v) is 14.5. The molecule has 8 heteroatoms. The van der Waals surface area contributed by atoms with Gasteiger partial charge in [0.2, 0.25) is 0 Å². The van der Waals surface area contributed by atoms with Gasteiger partial charge in [0.05, 0.1) is 5.92 Å². The number of nitrogens with one attached hydrogen (secondary N) is 2. The first-order valence-corrected chi connectivity index (χ1v) is 8.66. The minimum atomic E-state index is -1.23. The lowest BCUT2D eigenvalue weighted by molar-refractivity contribution is -0.156. The third kappa shape index (κ3) is 3.14. The molecule has 4 amide bonds. The minimum absolute atomic E-state index is 0.148. The summed E-state index contributed by atoms with van der Waals surface area (Å²) in [5, 5.41) is 3.30. The lowest BCUT2D eigenvalue weighted by Crippen LogP contribution is -2.49. The van der Waals surface area contributed by atoms with Crippen LogP contribution >= 0.6 is 0 Å². The number of hydrogen-bond donors (Lipinski definition) is 2. The third-order valence-electron chi connectivity index (χ3n) is 4.91. The molecule has 1 atom stereocenters. The Morgan fingerprint density at radius 1 is 1.27 bits per heavy atom. The molecule has 1 saturated heterocycles. The van der Waals surface area contributed by atoms with Crippen LogP contribution < -0.4 is 10.7 Å². The highest BCUT2D eigenvalue weighted by Gasteiger charge is 2.52. The quantitative estimate of drug-likeness (QED) is 0.587.